The Kier molecular flexibility index (Phi) is 2.33. The molecule has 0 saturated carbocycles. The van der Waals surface area contributed by atoms with Gasteiger partial charge in [-0.2, -0.15) is 0 Å². The Morgan fingerprint density at radius 1 is 1.09 bits per heavy atom. The first-order chi connectivity index (χ1) is 5.15. The molecule has 59 valence electrons. The van der Waals surface area contributed by atoms with Crippen molar-refractivity contribution in [3.8, 4) is 0 Å². The van der Waals surface area contributed by atoms with Crippen molar-refractivity contribution in [2.75, 3.05) is 0 Å². The molecule has 0 N–H and O–H groups in total. The van der Waals surface area contributed by atoms with E-state index >= 15 is 0 Å². The van der Waals surface area contributed by atoms with Crippen LogP contribution in [0.1, 0.15) is 22.3 Å². The fourth-order valence-electron chi connectivity index (χ4n) is 1.27. The second-order valence-corrected chi connectivity index (χ2v) is 3.10. The first kappa shape index (κ1) is 8.32. The molecule has 0 heterocycles. The van der Waals surface area contributed by atoms with Crippen molar-refractivity contribution < 1.29 is 0 Å². The zero-order valence-corrected chi connectivity index (χ0v) is 7.57. The lowest BCUT2D eigenvalue weighted by atomic mass is 10.00. The van der Waals surface area contributed by atoms with Crippen molar-refractivity contribution in [3.63, 3.8) is 0 Å². The van der Waals surface area contributed by atoms with Crippen molar-refractivity contribution in [1.82, 2.24) is 0 Å². The summed E-state index contributed by atoms with van der Waals surface area (Å²) < 4.78 is 0. The van der Waals surface area contributed by atoms with Crippen molar-refractivity contribution in [1.29, 1.82) is 0 Å². The summed E-state index contributed by atoms with van der Waals surface area (Å²) in [6, 6.07) is 4.44. The topological polar surface area (TPSA) is 0 Å². The lowest BCUT2D eigenvalue weighted by Crippen LogP contribution is -1.90. The summed E-state index contributed by atoms with van der Waals surface area (Å²) >= 11 is 0. The molecule has 0 spiro atoms. The van der Waals surface area contributed by atoms with E-state index in [1.807, 2.05) is 0 Å². The summed E-state index contributed by atoms with van der Waals surface area (Å²) in [5.41, 5.74) is 5.50. The van der Waals surface area contributed by atoms with E-state index in [2.05, 4.69) is 39.8 Å². The smallest absolute Gasteiger partial charge is 0.0279 e. The summed E-state index contributed by atoms with van der Waals surface area (Å²) in [5, 5.41) is 0. The Balaban J connectivity index is 3.21. The number of aryl methyl sites for hydroxylation is 2. The molecule has 1 radical (unpaired) electrons. The fourth-order valence-corrected chi connectivity index (χ4v) is 1.27. The van der Waals surface area contributed by atoms with Crippen LogP contribution in [0.2, 0.25) is 0 Å². The van der Waals surface area contributed by atoms with Gasteiger partial charge in [0.15, 0.2) is 0 Å². The second-order valence-electron chi connectivity index (χ2n) is 3.10. The molecule has 0 aliphatic carbocycles. The van der Waals surface area contributed by atoms with Crippen LogP contribution < -0.4 is 0 Å². The van der Waals surface area contributed by atoms with E-state index in [1.54, 1.807) is 0 Å². The maximum atomic E-state index is 3.87. The van der Waals surface area contributed by atoms with Gasteiger partial charge in [-0.25, -0.2) is 0 Å². The number of rotatable bonds is 1. The molecule has 0 saturated heterocycles. The van der Waals surface area contributed by atoms with Gasteiger partial charge in [-0.3, -0.25) is 0 Å². The van der Waals surface area contributed by atoms with E-state index in [0.717, 1.165) is 6.42 Å². The predicted octanol–water partition coefficient (Wildman–Crippen LogP) is 2.99. The highest BCUT2D eigenvalue weighted by Crippen LogP contribution is 2.15. The molecule has 11 heavy (non-hydrogen) atoms. The number of hydrogen-bond donors (Lipinski definition) is 0. The second kappa shape index (κ2) is 3.08. The van der Waals surface area contributed by atoms with Gasteiger partial charge in [0.1, 0.15) is 0 Å². The van der Waals surface area contributed by atoms with E-state index in [-0.39, 0.29) is 0 Å². The Morgan fingerprint density at radius 3 is 1.91 bits per heavy atom. The molecular weight excluding hydrogens is 132 g/mol. The van der Waals surface area contributed by atoms with Gasteiger partial charge in [0, 0.05) is 0 Å². The zero-order chi connectivity index (χ0) is 8.43. The minimum atomic E-state index is 0.891. The molecule has 0 aliphatic rings. The fraction of sp³-hybridized carbons (Fsp3) is 0.364. The van der Waals surface area contributed by atoms with Crippen LogP contribution >= 0.6 is 0 Å². The number of hydrogen-bond acceptors (Lipinski definition) is 0. The summed E-state index contributed by atoms with van der Waals surface area (Å²) in [6.45, 7) is 10.3. The molecule has 0 unspecified atom stereocenters. The number of benzene rings is 1. The van der Waals surface area contributed by atoms with Crippen LogP contribution in [0.15, 0.2) is 12.1 Å². The van der Waals surface area contributed by atoms with E-state index in [4.69, 9.17) is 0 Å². The molecule has 0 nitrogen and oxygen atoms in total. The van der Waals surface area contributed by atoms with Crippen LogP contribution in [0.4, 0.5) is 0 Å². The minimum Gasteiger partial charge on any atom is -0.0558 e. The van der Waals surface area contributed by atoms with E-state index < -0.39 is 0 Å². The minimum absolute atomic E-state index is 0.891. The molecule has 1 aromatic carbocycles. The quantitative estimate of drug-likeness (QED) is 0.573. The van der Waals surface area contributed by atoms with E-state index in [1.165, 1.54) is 22.3 Å². The first-order valence-corrected chi connectivity index (χ1v) is 4.01. The van der Waals surface area contributed by atoms with Crippen LogP contribution in [-0.4, -0.2) is 0 Å². The largest absolute Gasteiger partial charge is 0.0558 e. The molecule has 1 aromatic rings. The van der Waals surface area contributed by atoms with Crippen molar-refractivity contribution in [2.24, 2.45) is 0 Å². The van der Waals surface area contributed by atoms with Crippen LogP contribution in [0.5, 0.6) is 0 Å². The molecule has 0 aliphatic heterocycles. The van der Waals surface area contributed by atoms with Gasteiger partial charge in [-0.1, -0.05) is 12.1 Å². The summed E-state index contributed by atoms with van der Waals surface area (Å²) in [6.07, 6.45) is 0.891. The van der Waals surface area contributed by atoms with Gasteiger partial charge < -0.3 is 0 Å². The predicted molar refractivity (Wildman–Crippen MR) is 49.7 cm³/mol. The van der Waals surface area contributed by atoms with Crippen LogP contribution in [-0.2, 0) is 6.42 Å². The maximum absolute atomic E-state index is 3.87. The Bertz CT molecular complexity index is 236. The van der Waals surface area contributed by atoms with Gasteiger partial charge in [-0.05, 0) is 56.4 Å². The molecule has 0 amide bonds. The van der Waals surface area contributed by atoms with Gasteiger partial charge in [0.25, 0.3) is 0 Å². The SMILES string of the molecule is [CH2]Cc1cc(C)c(C)c(C)c1. The molecule has 0 bridgehead atoms. The molecule has 0 fully saturated rings. The Labute approximate surface area is 69.3 Å². The van der Waals surface area contributed by atoms with Gasteiger partial charge >= 0.3 is 0 Å². The lowest BCUT2D eigenvalue weighted by Gasteiger charge is -2.06. The Morgan fingerprint density at radius 2 is 1.55 bits per heavy atom. The zero-order valence-electron chi connectivity index (χ0n) is 7.57. The molecular formula is C11H15. The van der Waals surface area contributed by atoms with Gasteiger partial charge in [0.2, 0.25) is 0 Å². The van der Waals surface area contributed by atoms with Gasteiger partial charge in [0.05, 0.1) is 0 Å². The summed E-state index contributed by atoms with van der Waals surface area (Å²) in [4.78, 5) is 0. The standard InChI is InChI=1S/C11H15/c1-5-11-6-8(2)10(4)9(3)7-11/h6-7H,1,5H2,2-4H3. The van der Waals surface area contributed by atoms with Crippen LogP contribution in [0.25, 0.3) is 0 Å². The highest BCUT2D eigenvalue weighted by molar-refractivity contribution is 5.36. The summed E-state index contributed by atoms with van der Waals surface area (Å²) in [5.74, 6) is 0. The maximum Gasteiger partial charge on any atom is -0.0279 e. The van der Waals surface area contributed by atoms with E-state index in [9.17, 15) is 0 Å². The monoisotopic (exact) mass is 147 g/mol. The lowest BCUT2D eigenvalue weighted by molar-refractivity contribution is 1.18. The average Bonchev–Trinajstić information content (AvgIpc) is 1.99. The molecule has 0 heteroatoms. The highest BCUT2D eigenvalue weighted by Gasteiger charge is 1.98. The normalized spacial score (nSPS) is 10.2. The average molecular weight is 147 g/mol. The van der Waals surface area contributed by atoms with Crippen molar-refractivity contribution >= 4 is 0 Å². The Hall–Kier alpha value is -0.780. The van der Waals surface area contributed by atoms with Crippen molar-refractivity contribution in [2.45, 2.75) is 27.2 Å². The third-order valence-electron chi connectivity index (χ3n) is 2.28. The van der Waals surface area contributed by atoms with Crippen LogP contribution in [0, 0.1) is 27.7 Å². The molecule has 1 rings (SSSR count). The summed E-state index contributed by atoms with van der Waals surface area (Å²) in [7, 11) is 0. The van der Waals surface area contributed by atoms with Gasteiger partial charge in [-0.15, -0.1) is 0 Å². The third kappa shape index (κ3) is 1.62. The molecule has 0 aromatic heterocycles. The van der Waals surface area contributed by atoms with Crippen molar-refractivity contribution in [3.05, 3.63) is 41.3 Å². The molecule has 0 atom stereocenters. The third-order valence-corrected chi connectivity index (χ3v) is 2.28. The van der Waals surface area contributed by atoms with E-state index in [0.29, 0.717) is 0 Å². The first-order valence-electron chi connectivity index (χ1n) is 4.01. The van der Waals surface area contributed by atoms with Crippen LogP contribution in [0.3, 0.4) is 0 Å². The highest BCUT2D eigenvalue weighted by atomic mass is 14.0.